The molecule has 0 fully saturated rings. The maximum atomic E-state index is 13.4. The van der Waals surface area contributed by atoms with Crippen molar-refractivity contribution in [3.05, 3.63) is 59.9 Å². The Morgan fingerprint density at radius 2 is 1.33 bits per heavy atom. The van der Waals surface area contributed by atoms with E-state index >= 15 is 0 Å². The van der Waals surface area contributed by atoms with Crippen LogP contribution in [0.15, 0.2) is 52.3 Å². The lowest BCUT2D eigenvalue weighted by Crippen LogP contribution is -2.08. The van der Waals surface area contributed by atoms with Crippen LogP contribution in [-0.4, -0.2) is 8.42 Å². The fourth-order valence-electron chi connectivity index (χ4n) is 1.50. The first-order valence-corrected chi connectivity index (χ1v) is 6.36. The standard InChI is InChI=1S/C12H7F3O2S/c13-8-6-10(14)12(11(15)7-8)18(16,17)9-4-2-1-3-5-9/h1-7H. The number of hydrogen-bond acceptors (Lipinski definition) is 2. The van der Waals surface area contributed by atoms with Gasteiger partial charge in [-0.1, -0.05) is 18.2 Å². The topological polar surface area (TPSA) is 34.1 Å². The molecule has 0 radical (unpaired) electrons. The fraction of sp³-hybridized carbons (Fsp3) is 0. The molecule has 0 bridgehead atoms. The van der Waals surface area contributed by atoms with E-state index in [2.05, 4.69) is 0 Å². The molecule has 0 amide bonds. The van der Waals surface area contributed by atoms with Crippen molar-refractivity contribution in [2.24, 2.45) is 0 Å². The van der Waals surface area contributed by atoms with Gasteiger partial charge in [-0.3, -0.25) is 0 Å². The lowest BCUT2D eigenvalue weighted by atomic mass is 10.3. The Morgan fingerprint density at radius 3 is 1.83 bits per heavy atom. The Kier molecular flexibility index (Phi) is 3.13. The first-order valence-electron chi connectivity index (χ1n) is 4.87. The van der Waals surface area contributed by atoms with E-state index in [-0.39, 0.29) is 4.90 Å². The molecule has 0 saturated heterocycles. The summed E-state index contributed by atoms with van der Waals surface area (Å²) in [5.74, 6) is -4.07. The minimum atomic E-state index is -4.33. The molecule has 0 saturated carbocycles. The van der Waals surface area contributed by atoms with Crippen LogP contribution in [-0.2, 0) is 9.84 Å². The van der Waals surface area contributed by atoms with Gasteiger partial charge < -0.3 is 0 Å². The summed E-state index contributed by atoms with van der Waals surface area (Å²) in [6.07, 6.45) is 0. The molecular formula is C12H7F3O2S. The van der Waals surface area contributed by atoms with E-state index in [1.54, 1.807) is 6.07 Å². The van der Waals surface area contributed by atoms with Crippen molar-refractivity contribution in [1.29, 1.82) is 0 Å². The average molecular weight is 272 g/mol. The zero-order valence-corrected chi connectivity index (χ0v) is 9.72. The van der Waals surface area contributed by atoms with Gasteiger partial charge in [-0.05, 0) is 12.1 Å². The molecule has 2 aromatic rings. The van der Waals surface area contributed by atoms with E-state index in [9.17, 15) is 21.6 Å². The Balaban J connectivity index is 2.70. The van der Waals surface area contributed by atoms with Crippen LogP contribution in [0.2, 0.25) is 0 Å². The summed E-state index contributed by atoms with van der Waals surface area (Å²) in [6.45, 7) is 0. The summed E-state index contributed by atoms with van der Waals surface area (Å²) in [5, 5.41) is 0. The van der Waals surface area contributed by atoms with Crippen LogP contribution in [0.3, 0.4) is 0 Å². The van der Waals surface area contributed by atoms with Crippen molar-refractivity contribution in [3.8, 4) is 0 Å². The van der Waals surface area contributed by atoms with Crippen LogP contribution in [0, 0.1) is 17.5 Å². The van der Waals surface area contributed by atoms with Crippen LogP contribution in [0.4, 0.5) is 13.2 Å². The molecule has 2 rings (SSSR count). The first-order chi connectivity index (χ1) is 8.43. The third-order valence-corrected chi connectivity index (χ3v) is 4.11. The normalized spacial score (nSPS) is 11.5. The Morgan fingerprint density at radius 1 is 0.833 bits per heavy atom. The zero-order chi connectivity index (χ0) is 13.3. The second-order valence-electron chi connectivity index (χ2n) is 3.52. The molecule has 0 aliphatic rings. The second-order valence-corrected chi connectivity index (χ2v) is 5.40. The van der Waals surface area contributed by atoms with Gasteiger partial charge in [0.25, 0.3) is 0 Å². The molecule has 0 aliphatic heterocycles. The third-order valence-electron chi connectivity index (χ3n) is 2.29. The smallest absolute Gasteiger partial charge is 0.212 e. The van der Waals surface area contributed by atoms with E-state index in [1.807, 2.05) is 0 Å². The molecule has 2 nitrogen and oxygen atoms in total. The molecule has 2 aromatic carbocycles. The fourth-order valence-corrected chi connectivity index (χ4v) is 2.89. The van der Waals surface area contributed by atoms with Gasteiger partial charge in [0.2, 0.25) is 9.84 Å². The van der Waals surface area contributed by atoms with E-state index in [1.165, 1.54) is 24.3 Å². The molecule has 94 valence electrons. The van der Waals surface area contributed by atoms with Gasteiger partial charge in [-0.25, -0.2) is 21.6 Å². The van der Waals surface area contributed by atoms with Crippen LogP contribution in [0.25, 0.3) is 0 Å². The van der Waals surface area contributed by atoms with Crippen LogP contribution >= 0.6 is 0 Å². The molecule has 0 aliphatic carbocycles. The molecule has 0 spiro atoms. The van der Waals surface area contributed by atoms with Gasteiger partial charge in [0.05, 0.1) is 4.90 Å². The Hall–Kier alpha value is -1.82. The maximum Gasteiger partial charge on any atom is 0.212 e. The minimum absolute atomic E-state index is 0.255. The van der Waals surface area contributed by atoms with Crippen molar-refractivity contribution in [1.82, 2.24) is 0 Å². The average Bonchev–Trinajstić information content (AvgIpc) is 2.28. The third kappa shape index (κ3) is 2.11. The number of rotatable bonds is 2. The van der Waals surface area contributed by atoms with Crippen molar-refractivity contribution < 1.29 is 21.6 Å². The summed E-state index contributed by atoms with van der Waals surface area (Å²) < 4.78 is 63.6. The van der Waals surface area contributed by atoms with Crippen LogP contribution in [0.1, 0.15) is 0 Å². The molecule has 0 heterocycles. The highest BCUT2D eigenvalue weighted by molar-refractivity contribution is 7.91. The van der Waals surface area contributed by atoms with Gasteiger partial charge in [0, 0.05) is 12.1 Å². The van der Waals surface area contributed by atoms with Crippen LogP contribution in [0.5, 0.6) is 0 Å². The Bertz CT molecular complexity index is 659. The first kappa shape index (κ1) is 12.6. The van der Waals surface area contributed by atoms with Gasteiger partial charge in [0.15, 0.2) is 0 Å². The molecule has 0 N–H and O–H groups in total. The Labute approximate surface area is 102 Å². The molecule has 6 heteroatoms. The van der Waals surface area contributed by atoms with Crippen molar-refractivity contribution in [2.75, 3.05) is 0 Å². The van der Waals surface area contributed by atoms with Crippen molar-refractivity contribution in [2.45, 2.75) is 9.79 Å². The van der Waals surface area contributed by atoms with E-state index in [0.29, 0.717) is 12.1 Å². The summed E-state index contributed by atoms with van der Waals surface area (Å²) in [6, 6.07) is 7.49. The monoisotopic (exact) mass is 272 g/mol. The summed E-state index contributed by atoms with van der Waals surface area (Å²) in [5.41, 5.74) is 0. The highest BCUT2D eigenvalue weighted by atomic mass is 32.2. The summed E-state index contributed by atoms with van der Waals surface area (Å²) in [4.78, 5) is -1.40. The number of hydrogen-bond donors (Lipinski definition) is 0. The molecule has 0 aromatic heterocycles. The highest BCUT2D eigenvalue weighted by Crippen LogP contribution is 2.26. The molecular weight excluding hydrogens is 265 g/mol. The summed E-state index contributed by atoms with van der Waals surface area (Å²) >= 11 is 0. The molecule has 18 heavy (non-hydrogen) atoms. The predicted molar refractivity (Wildman–Crippen MR) is 58.2 cm³/mol. The number of sulfone groups is 1. The van der Waals surface area contributed by atoms with Gasteiger partial charge in [0.1, 0.15) is 22.3 Å². The largest absolute Gasteiger partial charge is 0.218 e. The van der Waals surface area contributed by atoms with Crippen molar-refractivity contribution >= 4 is 9.84 Å². The van der Waals surface area contributed by atoms with Crippen molar-refractivity contribution in [3.63, 3.8) is 0 Å². The van der Waals surface area contributed by atoms with E-state index in [4.69, 9.17) is 0 Å². The predicted octanol–water partition coefficient (Wildman–Crippen LogP) is 2.94. The highest BCUT2D eigenvalue weighted by Gasteiger charge is 2.26. The lowest BCUT2D eigenvalue weighted by molar-refractivity contribution is 0.497. The SMILES string of the molecule is O=S(=O)(c1ccccc1)c1c(F)cc(F)cc1F. The number of benzene rings is 2. The van der Waals surface area contributed by atoms with Gasteiger partial charge in [-0.2, -0.15) is 0 Å². The molecule has 0 unspecified atom stereocenters. The van der Waals surface area contributed by atoms with Crippen LogP contribution < -0.4 is 0 Å². The van der Waals surface area contributed by atoms with E-state index < -0.39 is 32.2 Å². The maximum absolute atomic E-state index is 13.4. The lowest BCUT2D eigenvalue weighted by Gasteiger charge is -2.07. The minimum Gasteiger partial charge on any atom is -0.218 e. The van der Waals surface area contributed by atoms with Gasteiger partial charge in [-0.15, -0.1) is 0 Å². The van der Waals surface area contributed by atoms with E-state index in [0.717, 1.165) is 0 Å². The second kappa shape index (κ2) is 4.45. The summed E-state index contributed by atoms with van der Waals surface area (Å²) in [7, 11) is -4.33. The quantitative estimate of drug-likeness (QED) is 0.788. The van der Waals surface area contributed by atoms with Gasteiger partial charge >= 0.3 is 0 Å². The molecule has 0 atom stereocenters. The zero-order valence-electron chi connectivity index (χ0n) is 8.90. The number of halogens is 3.